The summed E-state index contributed by atoms with van der Waals surface area (Å²) in [4.78, 5) is 43.7. The number of aryl methyl sites for hydroxylation is 1. The third-order valence-corrected chi connectivity index (χ3v) is 7.15. The van der Waals surface area contributed by atoms with Crippen LogP contribution in [0.15, 0.2) is 54.6 Å². The van der Waals surface area contributed by atoms with Gasteiger partial charge in [-0.05, 0) is 24.0 Å². The van der Waals surface area contributed by atoms with E-state index in [-0.39, 0.29) is 36.9 Å². The first kappa shape index (κ1) is 27.6. The molecule has 0 aromatic heterocycles. The van der Waals surface area contributed by atoms with E-state index in [9.17, 15) is 14.4 Å². The van der Waals surface area contributed by atoms with Gasteiger partial charge in [-0.3, -0.25) is 9.59 Å². The molecule has 2 fully saturated rings. The van der Waals surface area contributed by atoms with Gasteiger partial charge in [-0.15, -0.1) is 0 Å². The normalized spacial score (nSPS) is 20.2. The van der Waals surface area contributed by atoms with Crippen LogP contribution in [-0.4, -0.2) is 82.7 Å². The number of amides is 4. The zero-order valence-corrected chi connectivity index (χ0v) is 22.8. The van der Waals surface area contributed by atoms with Gasteiger partial charge in [0, 0.05) is 19.6 Å². The van der Waals surface area contributed by atoms with Crippen LogP contribution < -0.4 is 5.32 Å². The highest BCUT2D eigenvalue weighted by molar-refractivity contribution is 5.91. The maximum Gasteiger partial charge on any atom is 0.334 e. The minimum atomic E-state index is -0.637. The number of hydrazine groups is 1. The molecule has 38 heavy (non-hydrogen) atoms. The van der Waals surface area contributed by atoms with Crippen LogP contribution in [0.3, 0.4) is 0 Å². The molecule has 0 unspecified atom stereocenters. The second-order valence-electron chi connectivity index (χ2n) is 10.3. The Kier molecular flexibility index (Phi) is 9.01. The number of rotatable bonds is 9. The van der Waals surface area contributed by atoms with Crippen molar-refractivity contribution in [2.45, 2.75) is 53.1 Å². The number of likely N-dealkylation sites (N-methyl/N-ethyl adjacent to an activating group) is 1. The first-order valence-corrected chi connectivity index (χ1v) is 13.4. The smallest absolute Gasteiger partial charge is 0.334 e. The van der Waals surface area contributed by atoms with Gasteiger partial charge in [0.25, 0.3) is 0 Å². The highest BCUT2D eigenvalue weighted by atomic mass is 16.5. The van der Waals surface area contributed by atoms with Gasteiger partial charge in [0.1, 0.15) is 12.2 Å². The van der Waals surface area contributed by atoms with Crippen molar-refractivity contribution in [2.24, 2.45) is 5.92 Å². The maximum atomic E-state index is 13.6. The van der Waals surface area contributed by atoms with Gasteiger partial charge in [0.2, 0.25) is 11.8 Å². The van der Waals surface area contributed by atoms with E-state index < -0.39 is 12.2 Å². The lowest BCUT2D eigenvalue weighted by atomic mass is 9.96. The van der Waals surface area contributed by atoms with Gasteiger partial charge < -0.3 is 19.9 Å². The lowest BCUT2D eigenvalue weighted by Crippen LogP contribution is -2.77. The van der Waals surface area contributed by atoms with Crippen molar-refractivity contribution in [3.05, 3.63) is 71.3 Å². The highest BCUT2D eigenvalue weighted by Gasteiger charge is 2.51. The average Bonchev–Trinajstić information content (AvgIpc) is 2.91. The van der Waals surface area contributed by atoms with Gasteiger partial charge in [-0.2, -0.15) is 0 Å². The number of benzene rings is 2. The average molecular weight is 522 g/mol. The minimum Gasteiger partial charge on any atom is -0.375 e. The van der Waals surface area contributed by atoms with E-state index in [1.54, 1.807) is 19.8 Å². The Morgan fingerprint density at radius 1 is 1.05 bits per heavy atom. The van der Waals surface area contributed by atoms with Crippen molar-refractivity contribution in [1.82, 2.24) is 25.1 Å². The Morgan fingerprint density at radius 3 is 2.42 bits per heavy atom. The number of fused-ring (bicyclic) bond motifs is 1. The fraction of sp³-hybridized carbons (Fsp3) is 0.483. The summed E-state index contributed by atoms with van der Waals surface area (Å²) >= 11 is 0. The molecule has 2 aromatic rings. The molecule has 2 aliphatic rings. The SMILES string of the molecule is CCN1CC(=O)N2[C@@H](C(C)C)C(=O)N(CCOCc3ccc(C)cc3)C[C@@H]2N1C(=O)NCc1ccccc1. The molecule has 0 saturated carbocycles. The zero-order valence-electron chi connectivity index (χ0n) is 22.8. The number of carbonyl (C=O) groups is 3. The molecule has 0 aliphatic carbocycles. The largest absolute Gasteiger partial charge is 0.375 e. The summed E-state index contributed by atoms with van der Waals surface area (Å²) in [6, 6.07) is 16.9. The number of hydrogen-bond acceptors (Lipinski definition) is 5. The molecular weight excluding hydrogens is 482 g/mol. The number of hydrogen-bond donors (Lipinski definition) is 1. The molecule has 2 heterocycles. The standard InChI is InChI=1S/C29H39N5O4/c1-5-32-19-26(35)33-25(34(32)29(37)30-17-23-9-7-6-8-10-23)18-31(28(36)27(33)21(2)3)15-16-38-20-24-13-11-22(4)12-14-24/h6-14,21,25,27H,5,15-20H2,1-4H3,(H,30,37)/t25-,27-/m0/s1. The van der Waals surface area contributed by atoms with Crippen molar-refractivity contribution < 1.29 is 19.1 Å². The van der Waals surface area contributed by atoms with Crippen molar-refractivity contribution in [1.29, 1.82) is 0 Å². The molecule has 9 nitrogen and oxygen atoms in total. The molecular formula is C29H39N5O4. The van der Waals surface area contributed by atoms with E-state index in [2.05, 4.69) is 5.32 Å². The Balaban J connectivity index is 1.49. The van der Waals surface area contributed by atoms with Crippen molar-refractivity contribution >= 4 is 17.8 Å². The summed E-state index contributed by atoms with van der Waals surface area (Å²) in [6.07, 6.45) is -0.589. The molecule has 4 rings (SSSR count). The molecule has 1 N–H and O–H groups in total. The Hall–Kier alpha value is -3.43. The van der Waals surface area contributed by atoms with Crippen LogP contribution in [0.25, 0.3) is 0 Å². The Bertz CT molecular complexity index is 1110. The molecule has 204 valence electrons. The molecule has 2 atom stereocenters. The predicted octanol–water partition coefficient (Wildman–Crippen LogP) is 3.00. The molecule has 2 saturated heterocycles. The fourth-order valence-corrected chi connectivity index (χ4v) is 5.12. The van der Waals surface area contributed by atoms with Gasteiger partial charge >= 0.3 is 6.03 Å². The number of urea groups is 1. The second-order valence-corrected chi connectivity index (χ2v) is 10.3. The highest BCUT2D eigenvalue weighted by Crippen LogP contribution is 2.29. The number of carbonyl (C=O) groups excluding carboxylic acids is 3. The third-order valence-electron chi connectivity index (χ3n) is 7.15. The lowest BCUT2D eigenvalue weighted by molar-refractivity contribution is -0.193. The van der Waals surface area contributed by atoms with Gasteiger partial charge in [-0.1, -0.05) is 80.9 Å². The van der Waals surface area contributed by atoms with E-state index in [1.165, 1.54) is 5.56 Å². The quantitative estimate of drug-likeness (QED) is 0.513. The topological polar surface area (TPSA) is 85.4 Å². The summed E-state index contributed by atoms with van der Waals surface area (Å²) in [5.74, 6) is -0.336. The van der Waals surface area contributed by atoms with Crippen LogP contribution in [0, 0.1) is 12.8 Å². The molecule has 9 heteroatoms. The number of nitrogens with zero attached hydrogens (tertiary/aromatic N) is 4. The van der Waals surface area contributed by atoms with Crippen LogP contribution in [0.1, 0.15) is 37.5 Å². The fourth-order valence-electron chi connectivity index (χ4n) is 5.12. The third kappa shape index (κ3) is 6.16. The van der Waals surface area contributed by atoms with E-state index in [1.807, 2.05) is 82.3 Å². The van der Waals surface area contributed by atoms with Crippen LogP contribution in [0.2, 0.25) is 0 Å². The molecule has 0 bridgehead atoms. The first-order valence-electron chi connectivity index (χ1n) is 13.4. The van der Waals surface area contributed by atoms with Gasteiger partial charge in [-0.25, -0.2) is 14.8 Å². The predicted molar refractivity (Wildman–Crippen MR) is 144 cm³/mol. The van der Waals surface area contributed by atoms with Gasteiger partial charge in [0.15, 0.2) is 0 Å². The van der Waals surface area contributed by atoms with Crippen LogP contribution >= 0.6 is 0 Å². The van der Waals surface area contributed by atoms with Gasteiger partial charge in [0.05, 0.1) is 26.3 Å². The van der Waals surface area contributed by atoms with E-state index >= 15 is 0 Å². The molecule has 0 radical (unpaired) electrons. The summed E-state index contributed by atoms with van der Waals surface area (Å²) in [6.45, 7) is 10.2. The Morgan fingerprint density at radius 2 is 1.76 bits per heavy atom. The van der Waals surface area contributed by atoms with E-state index in [0.717, 1.165) is 11.1 Å². The molecule has 2 aliphatic heterocycles. The number of piperazine rings is 1. The summed E-state index contributed by atoms with van der Waals surface area (Å²) in [7, 11) is 0. The number of nitrogens with one attached hydrogen (secondary N) is 1. The minimum absolute atomic E-state index is 0.0575. The first-order chi connectivity index (χ1) is 18.3. The van der Waals surface area contributed by atoms with Crippen LogP contribution in [0.5, 0.6) is 0 Å². The van der Waals surface area contributed by atoms with E-state index in [0.29, 0.717) is 32.8 Å². The summed E-state index contributed by atoms with van der Waals surface area (Å²) < 4.78 is 5.89. The van der Waals surface area contributed by atoms with Crippen molar-refractivity contribution in [3.8, 4) is 0 Å². The Labute approximate surface area is 225 Å². The lowest BCUT2D eigenvalue weighted by Gasteiger charge is -2.55. The van der Waals surface area contributed by atoms with Crippen LogP contribution in [0.4, 0.5) is 4.79 Å². The molecule has 4 amide bonds. The number of ether oxygens (including phenoxy) is 1. The second kappa shape index (κ2) is 12.4. The van der Waals surface area contributed by atoms with Crippen molar-refractivity contribution in [2.75, 3.05) is 32.8 Å². The monoisotopic (exact) mass is 521 g/mol. The summed E-state index contributed by atoms with van der Waals surface area (Å²) in [5.41, 5.74) is 3.25. The van der Waals surface area contributed by atoms with E-state index in [4.69, 9.17) is 4.74 Å². The van der Waals surface area contributed by atoms with Crippen molar-refractivity contribution in [3.63, 3.8) is 0 Å². The van der Waals surface area contributed by atoms with Crippen LogP contribution in [-0.2, 0) is 27.5 Å². The molecule has 0 spiro atoms. The summed E-state index contributed by atoms with van der Waals surface area (Å²) in [5, 5.41) is 6.40. The molecule has 2 aromatic carbocycles. The maximum absolute atomic E-state index is 13.6. The zero-order chi connectivity index (χ0) is 27.2.